The SMILES string of the molecule is CCC(C)CNC1CCCCC1CNC(=O)OC(C)(C)C. The molecule has 0 aromatic rings. The van der Waals surface area contributed by atoms with Crippen molar-refractivity contribution in [1.82, 2.24) is 10.6 Å². The zero-order chi connectivity index (χ0) is 15.9. The van der Waals surface area contributed by atoms with Gasteiger partial charge in [-0.25, -0.2) is 4.79 Å². The van der Waals surface area contributed by atoms with Crippen LogP contribution in [-0.4, -0.2) is 30.8 Å². The molecule has 2 N–H and O–H groups in total. The van der Waals surface area contributed by atoms with E-state index < -0.39 is 5.60 Å². The largest absolute Gasteiger partial charge is 0.444 e. The fraction of sp³-hybridized carbons (Fsp3) is 0.941. The molecule has 0 radical (unpaired) electrons. The minimum atomic E-state index is -0.426. The summed E-state index contributed by atoms with van der Waals surface area (Å²) in [6.07, 6.45) is 5.88. The lowest BCUT2D eigenvalue weighted by molar-refractivity contribution is 0.0510. The summed E-state index contributed by atoms with van der Waals surface area (Å²) in [6, 6.07) is 0.530. The minimum absolute atomic E-state index is 0.297. The summed E-state index contributed by atoms with van der Waals surface area (Å²) in [6.45, 7) is 12.0. The number of hydrogen-bond acceptors (Lipinski definition) is 3. The van der Waals surface area contributed by atoms with Crippen molar-refractivity contribution < 1.29 is 9.53 Å². The predicted octanol–water partition coefficient (Wildman–Crippen LogP) is 3.71. The molecule has 0 aromatic carbocycles. The number of carbonyl (C=O) groups is 1. The summed E-state index contributed by atoms with van der Waals surface area (Å²) in [5.74, 6) is 1.24. The Morgan fingerprint density at radius 2 is 1.95 bits per heavy atom. The second kappa shape index (κ2) is 8.62. The Kier molecular flexibility index (Phi) is 7.50. The van der Waals surface area contributed by atoms with Gasteiger partial charge in [-0.05, 0) is 52.0 Å². The third kappa shape index (κ3) is 7.70. The molecule has 21 heavy (non-hydrogen) atoms. The standard InChI is InChI=1S/C17H34N2O2/c1-6-13(2)11-18-15-10-8-7-9-14(15)12-19-16(20)21-17(3,4)5/h13-15,18H,6-12H2,1-5H3,(H,19,20). The molecule has 0 spiro atoms. The molecule has 4 nitrogen and oxygen atoms in total. The first kappa shape index (κ1) is 18.3. The average Bonchev–Trinajstić information content (AvgIpc) is 2.41. The summed E-state index contributed by atoms with van der Waals surface area (Å²) < 4.78 is 5.31. The molecule has 0 saturated heterocycles. The van der Waals surface area contributed by atoms with Crippen molar-refractivity contribution in [3.05, 3.63) is 0 Å². The lowest BCUT2D eigenvalue weighted by Gasteiger charge is -2.33. The van der Waals surface area contributed by atoms with Gasteiger partial charge < -0.3 is 15.4 Å². The van der Waals surface area contributed by atoms with Crippen molar-refractivity contribution in [2.75, 3.05) is 13.1 Å². The van der Waals surface area contributed by atoms with Gasteiger partial charge in [0.1, 0.15) is 5.60 Å². The summed E-state index contributed by atoms with van der Waals surface area (Å²) >= 11 is 0. The van der Waals surface area contributed by atoms with Crippen LogP contribution in [0.3, 0.4) is 0 Å². The molecule has 1 aliphatic rings. The van der Waals surface area contributed by atoms with E-state index in [2.05, 4.69) is 24.5 Å². The van der Waals surface area contributed by atoms with Gasteiger partial charge in [-0.15, -0.1) is 0 Å². The molecule has 1 aliphatic carbocycles. The van der Waals surface area contributed by atoms with Crippen LogP contribution in [0.1, 0.15) is 66.7 Å². The van der Waals surface area contributed by atoms with Gasteiger partial charge in [0.15, 0.2) is 0 Å². The number of amides is 1. The van der Waals surface area contributed by atoms with Crippen molar-refractivity contribution in [2.24, 2.45) is 11.8 Å². The fourth-order valence-electron chi connectivity index (χ4n) is 2.75. The molecule has 1 fully saturated rings. The summed E-state index contributed by atoms with van der Waals surface area (Å²) in [7, 11) is 0. The third-order valence-electron chi connectivity index (χ3n) is 4.24. The first-order valence-electron chi connectivity index (χ1n) is 8.52. The maximum Gasteiger partial charge on any atom is 0.407 e. The molecule has 124 valence electrons. The Labute approximate surface area is 130 Å². The third-order valence-corrected chi connectivity index (χ3v) is 4.24. The molecule has 0 aliphatic heterocycles. The van der Waals surface area contributed by atoms with Crippen molar-refractivity contribution in [1.29, 1.82) is 0 Å². The van der Waals surface area contributed by atoms with Crippen molar-refractivity contribution in [3.63, 3.8) is 0 Å². The van der Waals surface area contributed by atoms with Gasteiger partial charge in [0.05, 0.1) is 0 Å². The van der Waals surface area contributed by atoms with Crippen LogP contribution in [0.4, 0.5) is 4.79 Å². The zero-order valence-electron chi connectivity index (χ0n) is 14.5. The predicted molar refractivity (Wildman–Crippen MR) is 87.4 cm³/mol. The number of ether oxygens (including phenoxy) is 1. The molecule has 3 atom stereocenters. The average molecular weight is 298 g/mol. The van der Waals surface area contributed by atoms with E-state index in [9.17, 15) is 4.79 Å². The Balaban J connectivity index is 2.37. The lowest BCUT2D eigenvalue weighted by Crippen LogP contribution is -2.46. The molecular weight excluding hydrogens is 264 g/mol. The monoisotopic (exact) mass is 298 g/mol. The fourth-order valence-corrected chi connectivity index (χ4v) is 2.75. The maximum atomic E-state index is 11.8. The smallest absolute Gasteiger partial charge is 0.407 e. The van der Waals surface area contributed by atoms with Gasteiger partial charge >= 0.3 is 6.09 Å². The highest BCUT2D eigenvalue weighted by Gasteiger charge is 2.26. The van der Waals surface area contributed by atoms with Crippen LogP contribution < -0.4 is 10.6 Å². The van der Waals surface area contributed by atoms with E-state index in [0.717, 1.165) is 6.54 Å². The molecule has 0 heterocycles. The Hall–Kier alpha value is -0.770. The number of rotatable bonds is 6. The molecule has 1 amide bonds. The van der Waals surface area contributed by atoms with Gasteiger partial charge in [0.25, 0.3) is 0 Å². The number of carbonyl (C=O) groups excluding carboxylic acids is 1. The quantitative estimate of drug-likeness (QED) is 0.786. The zero-order valence-corrected chi connectivity index (χ0v) is 14.5. The van der Waals surface area contributed by atoms with Gasteiger partial charge in [0, 0.05) is 12.6 Å². The van der Waals surface area contributed by atoms with E-state index in [1.54, 1.807) is 0 Å². The van der Waals surface area contributed by atoms with Crippen molar-refractivity contribution in [2.45, 2.75) is 78.4 Å². The molecule has 4 heteroatoms. The highest BCUT2D eigenvalue weighted by molar-refractivity contribution is 5.67. The number of alkyl carbamates (subject to hydrolysis) is 1. The number of nitrogens with one attached hydrogen (secondary N) is 2. The van der Waals surface area contributed by atoms with Crippen LogP contribution in [0.2, 0.25) is 0 Å². The Morgan fingerprint density at radius 3 is 2.57 bits per heavy atom. The van der Waals surface area contributed by atoms with E-state index in [1.165, 1.54) is 32.1 Å². The molecular formula is C17H34N2O2. The van der Waals surface area contributed by atoms with Gasteiger partial charge in [-0.2, -0.15) is 0 Å². The van der Waals surface area contributed by atoms with E-state index in [0.29, 0.717) is 24.4 Å². The molecule has 0 aromatic heterocycles. The lowest BCUT2D eigenvalue weighted by atomic mass is 9.84. The minimum Gasteiger partial charge on any atom is -0.444 e. The molecule has 1 rings (SSSR count). The van der Waals surface area contributed by atoms with E-state index in [-0.39, 0.29) is 6.09 Å². The topological polar surface area (TPSA) is 50.4 Å². The number of hydrogen-bond donors (Lipinski definition) is 2. The van der Waals surface area contributed by atoms with E-state index >= 15 is 0 Å². The normalized spacial score (nSPS) is 24.4. The highest BCUT2D eigenvalue weighted by atomic mass is 16.6. The van der Waals surface area contributed by atoms with Crippen LogP contribution in [-0.2, 0) is 4.74 Å². The van der Waals surface area contributed by atoms with Crippen LogP contribution in [0.5, 0.6) is 0 Å². The van der Waals surface area contributed by atoms with E-state index in [1.807, 2.05) is 20.8 Å². The van der Waals surface area contributed by atoms with Crippen molar-refractivity contribution in [3.8, 4) is 0 Å². The van der Waals surface area contributed by atoms with Crippen molar-refractivity contribution >= 4 is 6.09 Å². The van der Waals surface area contributed by atoms with Gasteiger partial charge in [0.2, 0.25) is 0 Å². The first-order valence-corrected chi connectivity index (χ1v) is 8.52. The second-order valence-electron chi connectivity index (χ2n) is 7.46. The second-order valence-corrected chi connectivity index (χ2v) is 7.46. The molecule has 0 bridgehead atoms. The summed E-state index contributed by atoms with van der Waals surface area (Å²) in [5.41, 5.74) is -0.426. The summed E-state index contributed by atoms with van der Waals surface area (Å²) in [4.78, 5) is 11.8. The Morgan fingerprint density at radius 1 is 1.29 bits per heavy atom. The molecule has 1 saturated carbocycles. The summed E-state index contributed by atoms with van der Waals surface area (Å²) in [5, 5.41) is 6.64. The van der Waals surface area contributed by atoms with E-state index in [4.69, 9.17) is 4.74 Å². The Bertz CT molecular complexity index is 312. The van der Waals surface area contributed by atoms with Crippen LogP contribution in [0.25, 0.3) is 0 Å². The van der Waals surface area contributed by atoms with Gasteiger partial charge in [-0.1, -0.05) is 33.1 Å². The van der Waals surface area contributed by atoms with Gasteiger partial charge in [-0.3, -0.25) is 0 Å². The highest BCUT2D eigenvalue weighted by Crippen LogP contribution is 2.24. The van der Waals surface area contributed by atoms with Crippen LogP contribution >= 0.6 is 0 Å². The van der Waals surface area contributed by atoms with Crippen LogP contribution in [0.15, 0.2) is 0 Å². The first-order chi connectivity index (χ1) is 9.81. The van der Waals surface area contributed by atoms with Crippen LogP contribution in [0, 0.1) is 11.8 Å². The maximum absolute atomic E-state index is 11.8. The molecule has 3 unspecified atom stereocenters.